The molecule has 0 aliphatic carbocycles. The summed E-state index contributed by atoms with van der Waals surface area (Å²) in [7, 11) is 0. The molecule has 1 saturated heterocycles. The monoisotopic (exact) mass is 480 g/mol. The van der Waals surface area contributed by atoms with Crippen LogP contribution < -0.4 is 5.32 Å². The van der Waals surface area contributed by atoms with E-state index in [1.54, 1.807) is 18.3 Å². The van der Waals surface area contributed by atoms with Crippen molar-refractivity contribution in [2.45, 2.75) is 31.6 Å². The van der Waals surface area contributed by atoms with Crippen LogP contribution >= 0.6 is 0 Å². The SMILES string of the molecule is Fc1cccc(CN2CCC(Nc3ncc(-c4ccccc4)c4nc(C(F)(F)F)ccc34)CC2)c1. The number of nitrogens with one attached hydrogen (secondary N) is 1. The topological polar surface area (TPSA) is 41.0 Å². The van der Waals surface area contributed by atoms with E-state index < -0.39 is 11.9 Å². The zero-order valence-electron chi connectivity index (χ0n) is 18.9. The molecule has 2 aromatic carbocycles. The van der Waals surface area contributed by atoms with Gasteiger partial charge in [-0.15, -0.1) is 0 Å². The first-order valence-corrected chi connectivity index (χ1v) is 11.5. The number of likely N-dealkylation sites (tertiary alicyclic amines) is 1. The van der Waals surface area contributed by atoms with Crippen LogP contribution in [0.2, 0.25) is 0 Å². The minimum absolute atomic E-state index is 0.124. The summed E-state index contributed by atoms with van der Waals surface area (Å²) in [5, 5.41) is 3.99. The highest BCUT2D eigenvalue weighted by molar-refractivity contribution is 5.99. The number of piperidine rings is 1. The van der Waals surface area contributed by atoms with Crippen LogP contribution in [0.4, 0.5) is 23.4 Å². The van der Waals surface area contributed by atoms with Crippen molar-refractivity contribution in [2.24, 2.45) is 0 Å². The molecule has 0 radical (unpaired) electrons. The Morgan fingerprint density at radius 3 is 2.43 bits per heavy atom. The number of rotatable bonds is 5. The standard InChI is InChI=1S/C27H24F4N4/c28-20-8-4-5-18(15-20)17-35-13-11-21(12-14-35)33-26-22-9-10-24(27(29,30)31)34-25(22)23(16-32-26)19-6-2-1-3-7-19/h1-10,15-16,21H,11-14,17H2,(H,32,33). The van der Waals surface area contributed by atoms with E-state index in [1.165, 1.54) is 12.1 Å². The molecule has 2 aromatic heterocycles. The Hall–Kier alpha value is -3.52. The lowest BCUT2D eigenvalue weighted by Crippen LogP contribution is -2.38. The Bertz CT molecular complexity index is 1320. The van der Waals surface area contributed by atoms with Crippen LogP contribution in [0, 0.1) is 5.82 Å². The molecule has 0 atom stereocenters. The van der Waals surface area contributed by atoms with Gasteiger partial charge in [-0.05, 0) is 48.2 Å². The maximum absolute atomic E-state index is 13.5. The number of fused-ring (bicyclic) bond motifs is 1. The molecule has 5 rings (SSSR count). The van der Waals surface area contributed by atoms with Gasteiger partial charge in [0.25, 0.3) is 0 Å². The molecule has 35 heavy (non-hydrogen) atoms. The van der Waals surface area contributed by atoms with E-state index in [2.05, 4.69) is 20.2 Å². The number of halogens is 4. The van der Waals surface area contributed by atoms with Crippen LogP contribution in [0.1, 0.15) is 24.1 Å². The van der Waals surface area contributed by atoms with Gasteiger partial charge in [0.15, 0.2) is 0 Å². The van der Waals surface area contributed by atoms with Gasteiger partial charge in [-0.3, -0.25) is 4.90 Å². The Balaban J connectivity index is 1.37. The van der Waals surface area contributed by atoms with Crippen LogP contribution in [-0.4, -0.2) is 34.0 Å². The Morgan fingerprint density at radius 2 is 1.71 bits per heavy atom. The van der Waals surface area contributed by atoms with Crippen molar-refractivity contribution in [3.8, 4) is 11.1 Å². The third-order valence-corrected chi connectivity index (χ3v) is 6.33. The highest BCUT2D eigenvalue weighted by Gasteiger charge is 2.33. The summed E-state index contributed by atoms with van der Waals surface area (Å²) < 4.78 is 53.7. The second kappa shape index (κ2) is 9.62. The lowest BCUT2D eigenvalue weighted by Gasteiger charge is -2.32. The molecule has 0 spiro atoms. The molecule has 1 N–H and O–H groups in total. The number of aromatic nitrogens is 2. The van der Waals surface area contributed by atoms with Crippen LogP contribution in [-0.2, 0) is 12.7 Å². The van der Waals surface area contributed by atoms with Gasteiger partial charge in [0.2, 0.25) is 0 Å². The van der Waals surface area contributed by atoms with Gasteiger partial charge in [0.05, 0.1) is 5.52 Å². The molecular formula is C27H24F4N4. The van der Waals surface area contributed by atoms with Crippen molar-refractivity contribution in [3.63, 3.8) is 0 Å². The maximum Gasteiger partial charge on any atom is 0.433 e. The van der Waals surface area contributed by atoms with Crippen molar-refractivity contribution >= 4 is 16.7 Å². The van der Waals surface area contributed by atoms with E-state index >= 15 is 0 Å². The van der Waals surface area contributed by atoms with E-state index in [0.717, 1.165) is 43.1 Å². The van der Waals surface area contributed by atoms with E-state index in [0.29, 0.717) is 23.3 Å². The predicted octanol–water partition coefficient (Wildman–Crippen LogP) is 6.53. The third kappa shape index (κ3) is 5.27. The molecule has 1 fully saturated rings. The molecule has 180 valence electrons. The lowest BCUT2D eigenvalue weighted by molar-refractivity contribution is -0.140. The van der Waals surface area contributed by atoms with Gasteiger partial charge in [-0.25, -0.2) is 14.4 Å². The summed E-state index contributed by atoms with van der Waals surface area (Å²) in [5.74, 6) is 0.294. The van der Waals surface area contributed by atoms with Gasteiger partial charge in [-0.1, -0.05) is 42.5 Å². The van der Waals surface area contributed by atoms with E-state index in [9.17, 15) is 17.6 Å². The summed E-state index contributed by atoms with van der Waals surface area (Å²) in [6, 6.07) is 18.4. The Morgan fingerprint density at radius 1 is 0.943 bits per heavy atom. The second-order valence-electron chi connectivity index (χ2n) is 8.80. The number of hydrogen-bond donors (Lipinski definition) is 1. The smallest absolute Gasteiger partial charge is 0.367 e. The number of anilines is 1. The molecule has 0 amide bonds. The van der Waals surface area contributed by atoms with Gasteiger partial charge in [0.1, 0.15) is 17.3 Å². The van der Waals surface area contributed by atoms with Gasteiger partial charge in [0, 0.05) is 42.8 Å². The summed E-state index contributed by atoms with van der Waals surface area (Å²) >= 11 is 0. The number of nitrogens with zero attached hydrogens (tertiary/aromatic N) is 3. The molecule has 3 heterocycles. The van der Waals surface area contributed by atoms with Crippen molar-refractivity contribution in [1.82, 2.24) is 14.9 Å². The minimum Gasteiger partial charge on any atom is -0.367 e. The predicted molar refractivity (Wildman–Crippen MR) is 128 cm³/mol. The molecule has 1 aliphatic rings. The average Bonchev–Trinajstić information content (AvgIpc) is 2.85. The summed E-state index contributed by atoms with van der Waals surface area (Å²) in [6.45, 7) is 2.33. The number of alkyl halides is 3. The van der Waals surface area contributed by atoms with Crippen LogP contribution in [0.15, 0.2) is 72.9 Å². The van der Waals surface area contributed by atoms with Crippen LogP contribution in [0.25, 0.3) is 22.0 Å². The summed E-state index contributed by atoms with van der Waals surface area (Å²) in [6.07, 6.45) is -1.26. The maximum atomic E-state index is 13.5. The Labute approximate surface area is 200 Å². The quantitative estimate of drug-likeness (QED) is 0.330. The largest absolute Gasteiger partial charge is 0.433 e. The van der Waals surface area contributed by atoms with Crippen molar-refractivity contribution in [2.75, 3.05) is 18.4 Å². The number of pyridine rings is 2. The fourth-order valence-electron chi connectivity index (χ4n) is 4.54. The van der Waals surface area contributed by atoms with Crippen LogP contribution in [0.5, 0.6) is 0 Å². The fraction of sp³-hybridized carbons (Fsp3) is 0.259. The minimum atomic E-state index is -4.53. The Kier molecular flexibility index (Phi) is 6.38. The van der Waals surface area contributed by atoms with Crippen molar-refractivity contribution < 1.29 is 17.6 Å². The highest BCUT2D eigenvalue weighted by atomic mass is 19.4. The molecule has 0 saturated carbocycles. The highest BCUT2D eigenvalue weighted by Crippen LogP contribution is 2.35. The molecule has 0 unspecified atom stereocenters. The fourth-order valence-corrected chi connectivity index (χ4v) is 4.54. The first-order valence-electron chi connectivity index (χ1n) is 11.5. The molecule has 1 aliphatic heterocycles. The van der Waals surface area contributed by atoms with Crippen molar-refractivity contribution in [3.05, 3.63) is 90.0 Å². The third-order valence-electron chi connectivity index (χ3n) is 6.33. The number of benzene rings is 2. The normalized spacial score (nSPS) is 15.4. The van der Waals surface area contributed by atoms with Crippen molar-refractivity contribution in [1.29, 1.82) is 0 Å². The van der Waals surface area contributed by atoms with E-state index in [1.807, 2.05) is 36.4 Å². The first kappa shape index (κ1) is 23.2. The van der Waals surface area contributed by atoms with Gasteiger partial charge < -0.3 is 5.32 Å². The molecular weight excluding hydrogens is 456 g/mol. The van der Waals surface area contributed by atoms with Gasteiger partial charge in [-0.2, -0.15) is 13.2 Å². The lowest BCUT2D eigenvalue weighted by atomic mass is 10.0. The van der Waals surface area contributed by atoms with Crippen LogP contribution in [0.3, 0.4) is 0 Å². The first-order chi connectivity index (χ1) is 16.9. The average molecular weight is 481 g/mol. The molecule has 8 heteroatoms. The number of hydrogen-bond acceptors (Lipinski definition) is 4. The van der Waals surface area contributed by atoms with E-state index in [-0.39, 0.29) is 17.4 Å². The second-order valence-corrected chi connectivity index (χ2v) is 8.80. The molecule has 4 aromatic rings. The molecule has 0 bridgehead atoms. The summed E-state index contributed by atoms with van der Waals surface area (Å²) in [4.78, 5) is 10.8. The summed E-state index contributed by atoms with van der Waals surface area (Å²) in [5.41, 5.74) is 1.60. The zero-order valence-corrected chi connectivity index (χ0v) is 18.9. The van der Waals surface area contributed by atoms with E-state index in [4.69, 9.17) is 0 Å². The zero-order chi connectivity index (χ0) is 24.4. The van der Waals surface area contributed by atoms with Gasteiger partial charge >= 0.3 is 6.18 Å². The molecule has 4 nitrogen and oxygen atoms in total.